The van der Waals surface area contributed by atoms with E-state index in [4.69, 9.17) is 4.74 Å². The molecule has 0 aliphatic rings. The summed E-state index contributed by atoms with van der Waals surface area (Å²) in [6, 6.07) is 16.6. The average Bonchev–Trinajstić information content (AvgIpc) is 3.23. The highest BCUT2D eigenvalue weighted by molar-refractivity contribution is 7.12. The largest absolute Gasteiger partial charge is 0.491 e. The number of benzene rings is 2. The van der Waals surface area contributed by atoms with Crippen LogP contribution in [-0.4, -0.2) is 18.4 Å². The van der Waals surface area contributed by atoms with E-state index in [1.807, 2.05) is 11.4 Å². The molecule has 7 heteroatoms. The molecule has 2 amide bonds. The fourth-order valence-electron chi connectivity index (χ4n) is 2.44. The molecule has 0 fully saturated rings. The van der Waals surface area contributed by atoms with Crippen LogP contribution in [0, 0.1) is 5.82 Å². The number of carbonyl (C=O) groups excluding carboxylic acids is 2. The lowest BCUT2D eigenvalue weighted by atomic mass is 10.2. The number of hydrogen-bond donors (Lipinski definition) is 2. The monoisotopic (exact) mass is 398 g/mol. The van der Waals surface area contributed by atoms with E-state index in [2.05, 4.69) is 10.6 Å². The number of thiophene rings is 1. The van der Waals surface area contributed by atoms with Crippen molar-refractivity contribution in [3.63, 3.8) is 0 Å². The molecule has 0 saturated heterocycles. The molecule has 3 aromatic rings. The summed E-state index contributed by atoms with van der Waals surface area (Å²) in [6.07, 6.45) is 0.723. The van der Waals surface area contributed by atoms with E-state index in [1.165, 1.54) is 17.4 Å². The van der Waals surface area contributed by atoms with E-state index in [0.29, 0.717) is 22.7 Å². The first-order chi connectivity index (χ1) is 13.6. The Hall–Kier alpha value is -3.19. The minimum Gasteiger partial charge on any atom is -0.491 e. The van der Waals surface area contributed by atoms with E-state index in [-0.39, 0.29) is 30.6 Å². The van der Waals surface area contributed by atoms with Crippen LogP contribution >= 0.6 is 11.3 Å². The Balaban J connectivity index is 1.40. The molecule has 0 atom stereocenters. The lowest BCUT2D eigenvalue weighted by Crippen LogP contribution is -2.13. The molecule has 0 saturated carbocycles. The van der Waals surface area contributed by atoms with Gasteiger partial charge in [0, 0.05) is 17.8 Å². The van der Waals surface area contributed by atoms with Crippen LogP contribution in [0.15, 0.2) is 66.0 Å². The Morgan fingerprint density at radius 2 is 1.64 bits per heavy atom. The first kappa shape index (κ1) is 19.6. The molecule has 0 radical (unpaired) electrons. The summed E-state index contributed by atoms with van der Waals surface area (Å²) < 4.78 is 18.8. The maximum absolute atomic E-state index is 13.4. The molecular weight excluding hydrogens is 379 g/mol. The zero-order valence-electron chi connectivity index (χ0n) is 15.0. The number of ether oxygens (including phenoxy) is 1. The van der Waals surface area contributed by atoms with Gasteiger partial charge in [-0.1, -0.05) is 18.2 Å². The van der Waals surface area contributed by atoms with Gasteiger partial charge in [-0.2, -0.15) is 0 Å². The van der Waals surface area contributed by atoms with Crippen LogP contribution in [0.2, 0.25) is 0 Å². The minimum absolute atomic E-state index is 0.160. The van der Waals surface area contributed by atoms with Crippen LogP contribution in [0.1, 0.15) is 22.5 Å². The van der Waals surface area contributed by atoms with E-state index in [0.717, 1.165) is 0 Å². The summed E-state index contributed by atoms with van der Waals surface area (Å²) in [5.74, 6) is -0.560. The van der Waals surface area contributed by atoms with Crippen LogP contribution in [-0.2, 0) is 4.79 Å². The van der Waals surface area contributed by atoms with Gasteiger partial charge in [0.25, 0.3) is 5.91 Å². The molecule has 0 unspecified atom stereocenters. The molecule has 1 aromatic heterocycles. The minimum atomic E-state index is -0.418. The first-order valence-corrected chi connectivity index (χ1v) is 9.62. The summed E-state index contributed by atoms with van der Waals surface area (Å²) in [4.78, 5) is 24.6. The van der Waals surface area contributed by atoms with E-state index in [9.17, 15) is 14.0 Å². The van der Waals surface area contributed by atoms with Crippen molar-refractivity contribution in [2.24, 2.45) is 0 Å². The third-order valence-corrected chi connectivity index (χ3v) is 4.68. The highest BCUT2D eigenvalue weighted by Crippen LogP contribution is 2.17. The van der Waals surface area contributed by atoms with Gasteiger partial charge in [0.15, 0.2) is 11.6 Å². The lowest BCUT2D eigenvalue weighted by Gasteiger charge is -2.09. The molecule has 0 aliphatic heterocycles. The summed E-state index contributed by atoms with van der Waals surface area (Å²) in [7, 11) is 0. The Morgan fingerprint density at radius 3 is 2.32 bits per heavy atom. The quantitative estimate of drug-likeness (QED) is 0.528. The normalized spacial score (nSPS) is 10.3. The Kier molecular flexibility index (Phi) is 6.75. The Bertz CT molecular complexity index is 927. The van der Waals surface area contributed by atoms with Gasteiger partial charge in [0.05, 0.1) is 11.5 Å². The van der Waals surface area contributed by atoms with Gasteiger partial charge < -0.3 is 15.4 Å². The molecule has 0 spiro atoms. The zero-order valence-corrected chi connectivity index (χ0v) is 15.8. The highest BCUT2D eigenvalue weighted by Gasteiger charge is 2.08. The topological polar surface area (TPSA) is 67.4 Å². The van der Waals surface area contributed by atoms with Gasteiger partial charge in [-0.15, -0.1) is 11.3 Å². The second-order valence-corrected chi connectivity index (χ2v) is 6.89. The fraction of sp³-hybridized carbons (Fsp3) is 0.143. The van der Waals surface area contributed by atoms with Gasteiger partial charge in [-0.3, -0.25) is 9.59 Å². The van der Waals surface area contributed by atoms with Crippen LogP contribution in [0.5, 0.6) is 5.75 Å². The first-order valence-electron chi connectivity index (χ1n) is 8.74. The molecule has 1 heterocycles. The SMILES string of the molecule is O=C(CCCOc1ccccc1F)Nc1ccc(NC(=O)c2cccs2)cc1. The van der Waals surface area contributed by atoms with Crippen molar-refractivity contribution < 1.29 is 18.7 Å². The molecule has 0 bridgehead atoms. The van der Waals surface area contributed by atoms with Gasteiger partial charge in [0.2, 0.25) is 5.91 Å². The maximum atomic E-state index is 13.4. The molecule has 5 nitrogen and oxygen atoms in total. The van der Waals surface area contributed by atoms with Gasteiger partial charge in [-0.05, 0) is 54.3 Å². The molecule has 2 N–H and O–H groups in total. The Labute approximate surface area is 166 Å². The van der Waals surface area contributed by atoms with Gasteiger partial charge >= 0.3 is 0 Å². The molecule has 2 aromatic carbocycles. The number of anilines is 2. The number of hydrogen-bond acceptors (Lipinski definition) is 4. The second-order valence-electron chi connectivity index (χ2n) is 5.94. The maximum Gasteiger partial charge on any atom is 0.265 e. The van der Waals surface area contributed by atoms with E-state index >= 15 is 0 Å². The molecule has 28 heavy (non-hydrogen) atoms. The summed E-state index contributed by atoms with van der Waals surface area (Å²) >= 11 is 1.37. The summed E-state index contributed by atoms with van der Waals surface area (Å²) in [6.45, 7) is 0.252. The smallest absolute Gasteiger partial charge is 0.265 e. The summed E-state index contributed by atoms with van der Waals surface area (Å²) in [5, 5.41) is 7.42. The number of carbonyl (C=O) groups is 2. The Morgan fingerprint density at radius 1 is 0.929 bits per heavy atom. The van der Waals surface area contributed by atoms with Gasteiger partial charge in [0.1, 0.15) is 0 Å². The molecular formula is C21H19FN2O3S. The van der Waals surface area contributed by atoms with Crippen LogP contribution < -0.4 is 15.4 Å². The van der Waals surface area contributed by atoms with Crippen molar-refractivity contribution in [2.45, 2.75) is 12.8 Å². The van der Waals surface area contributed by atoms with Crippen molar-refractivity contribution in [3.8, 4) is 5.75 Å². The zero-order chi connectivity index (χ0) is 19.8. The lowest BCUT2D eigenvalue weighted by molar-refractivity contribution is -0.116. The third kappa shape index (κ3) is 5.65. The standard InChI is InChI=1S/C21H19FN2O3S/c22-17-5-1-2-6-18(17)27-13-3-8-20(25)23-15-9-11-16(12-10-15)24-21(26)19-7-4-14-28-19/h1-2,4-7,9-12,14H,3,8,13H2,(H,23,25)(H,24,26). The number of nitrogens with one attached hydrogen (secondary N) is 2. The van der Waals surface area contributed by atoms with Crippen molar-refractivity contribution in [1.82, 2.24) is 0 Å². The van der Waals surface area contributed by atoms with E-state index < -0.39 is 5.82 Å². The predicted molar refractivity (Wildman–Crippen MR) is 108 cm³/mol. The number of para-hydroxylation sites is 1. The third-order valence-electron chi connectivity index (χ3n) is 3.81. The molecule has 3 rings (SSSR count). The van der Waals surface area contributed by atoms with Crippen molar-refractivity contribution in [2.75, 3.05) is 17.2 Å². The van der Waals surface area contributed by atoms with Crippen LogP contribution in [0.25, 0.3) is 0 Å². The molecule has 0 aliphatic carbocycles. The van der Waals surface area contributed by atoms with E-state index in [1.54, 1.807) is 48.5 Å². The van der Waals surface area contributed by atoms with Crippen LogP contribution in [0.4, 0.5) is 15.8 Å². The van der Waals surface area contributed by atoms with Crippen molar-refractivity contribution in [1.29, 1.82) is 0 Å². The van der Waals surface area contributed by atoms with Gasteiger partial charge in [-0.25, -0.2) is 4.39 Å². The highest BCUT2D eigenvalue weighted by atomic mass is 32.1. The van der Waals surface area contributed by atoms with Crippen molar-refractivity contribution in [3.05, 3.63) is 76.7 Å². The fourth-order valence-corrected chi connectivity index (χ4v) is 3.06. The number of rotatable bonds is 8. The second kappa shape index (κ2) is 9.66. The molecule has 144 valence electrons. The summed E-state index contributed by atoms with van der Waals surface area (Å²) in [5.41, 5.74) is 1.28. The number of halogens is 1. The average molecular weight is 398 g/mol. The van der Waals surface area contributed by atoms with Crippen LogP contribution in [0.3, 0.4) is 0 Å². The predicted octanol–water partition coefficient (Wildman–Crippen LogP) is 4.94. The number of amides is 2. The van der Waals surface area contributed by atoms with Crippen molar-refractivity contribution >= 4 is 34.5 Å².